The summed E-state index contributed by atoms with van der Waals surface area (Å²) in [4.78, 5) is 14.6. The molecule has 1 fully saturated rings. The summed E-state index contributed by atoms with van der Waals surface area (Å²) in [6, 6.07) is 3.71. The lowest BCUT2D eigenvalue weighted by Crippen LogP contribution is -2.12. The van der Waals surface area contributed by atoms with Crippen LogP contribution >= 0.6 is 0 Å². The van der Waals surface area contributed by atoms with Crippen LogP contribution in [-0.2, 0) is 4.74 Å². The van der Waals surface area contributed by atoms with Gasteiger partial charge in [0.2, 0.25) is 0 Å². The highest BCUT2D eigenvalue weighted by Gasteiger charge is 2.23. The molecule has 1 aliphatic heterocycles. The minimum Gasteiger partial charge on any atom is -0.439 e. The van der Waals surface area contributed by atoms with Crippen molar-refractivity contribution in [2.45, 2.75) is 6.10 Å². The van der Waals surface area contributed by atoms with Gasteiger partial charge in [0, 0.05) is 18.0 Å². The summed E-state index contributed by atoms with van der Waals surface area (Å²) < 4.78 is 4.96. The number of aromatic nitrogens is 1. The summed E-state index contributed by atoms with van der Waals surface area (Å²) in [6.07, 6.45) is 2.86. The predicted octanol–water partition coefficient (Wildman–Crippen LogP) is 0.863. The summed E-state index contributed by atoms with van der Waals surface area (Å²) in [6.45, 7) is 0.532. The number of pyridine rings is 1. The van der Waals surface area contributed by atoms with E-state index in [4.69, 9.17) is 4.74 Å². The van der Waals surface area contributed by atoms with Gasteiger partial charge in [0.15, 0.2) is 0 Å². The third kappa shape index (κ3) is 1.23. The molecule has 0 bridgehead atoms. The van der Waals surface area contributed by atoms with Gasteiger partial charge in [-0.3, -0.25) is 4.98 Å². The largest absolute Gasteiger partial charge is 0.439 e. The molecule has 0 saturated carbocycles. The molecule has 2 heterocycles. The first-order valence-electron chi connectivity index (χ1n) is 3.70. The second-order valence-corrected chi connectivity index (χ2v) is 2.56. The van der Waals surface area contributed by atoms with Gasteiger partial charge in [-0.05, 0) is 6.07 Å². The molecule has 0 radical (unpaired) electrons. The van der Waals surface area contributed by atoms with Crippen molar-refractivity contribution in [1.82, 2.24) is 10.3 Å². The Kier molecular flexibility index (Phi) is 1.66. The Morgan fingerprint density at radius 3 is 3.17 bits per heavy atom. The van der Waals surface area contributed by atoms with E-state index in [1.807, 2.05) is 12.1 Å². The number of carbonyl (C=O) groups excluding carboxylic acids is 1. The zero-order valence-electron chi connectivity index (χ0n) is 6.36. The molecule has 2 rings (SSSR count). The molecule has 1 aromatic rings. The van der Waals surface area contributed by atoms with Crippen molar-refractivity contribution in [2.75, 3.05) is 6.54 Å². The van der Waals surface area contributed by atoms with Gasteiger partial charge in [-0.15, -0.1) is 0 Å². The molecular weight excluding hydrogens is 156 g/mol. The van der Waals surface area contributed by atoms with E-state index >= 15 is 0 Å². The van der Waals surface area contributed by atoms with E-state index in [1.54, 1.807) is 12.4 Å². The number of rotatable bonds is 1. The molecule has 1 amide bonds. The highest BCUT2D eigenvalue weighted by Crippen LogP contribution is 2.18. The number of amides is 1. The molecule has 1 N–H and O–H groups in total. The molecular formula is C8H8N2O2. The molecule has 1 atom stereocenters. The monoisotopic (exact) mass is 164 g/mol. The van der Waals surface area contributed by atoms with Crippen LogP contribution in [0.3, 0.4) is 0 Å². The Balaban J connectivity index is 2.16. The molecule has 1 saturated heterocycles. The summed E-state index contributed by atoms with van der Waals surface area (Å²) in [5, 5.41) is 2.58. The average Bonchev–Trinajstić information content (AvgIpc) is 2.54. The molecule has 4 nitrogen and oxygen atoms in total. The van der Waals surface area contributed by atoms with Crippen LogP contribution in [-0.4, -0.2) is 17.6 Å². The maximum absolute atomic E-state index is 10.7. The highest BCUT2D eigenvalue weighted by atomic mass is 16.6. The number of nitrogens with zero attached hydrogens (tertiary/aromatic N) is 1. The van der Waals surface area contributed by atoms with Crippen molar-refractivity contribution < 1.29 is 9.53 Å². The standard InChI is InChI=1S/C8H8N2O2/c11-8-10-5-7(12-8)6-2-1-3-9-4-6/h1-4,7H,5H2,(H,10,11)/t7-/m0/s1. The fourth-order valence-corrected chi connectivity index (χ4v) is 1.14. The summed E-state index contributed by atoms with van der Waals surface area (Å²) in [5.74, 6) is 0. The average molecular weight is 164 g/mol. The second-order valence-electron chi connectivity index (χ2n) is 2.56. The number of hydrogen-bond acceptors (Lipinski definition) is 3. The molecule has 0 aromatic carbocycles. The fraction of sp³-hybridized carbons (Fsp3) is 0.250. The molecule has 0 spiro atoms. The lowest BCUT2D eigenvalue weighted by Gasteiger charge is -2.05. The summed E-state index contributed by atoms with van der Waals surface area (Å²) in [5.41, 5.74) is 0.927. The molecule has 12 heavy (non-hydrogen) atoms. The SMILES string of the molecule is O=C1NC[C@@H](c2cccnc2)O1. The van der Waals surface area contributed by atoms with Crippen molar-refractivity contribution in [3.05, 3.63) is 30.1 Å². The van der Waals surface area contributed by atoms with Crippen molar-refractivity contribution >= 4 is 6.09 Å². The molecule has 1 aliphatic rings. The van der Waals surface area contributed by atoms with Crippen LogP contribution in [0.15, 0.2) is 24.5 Å². The van der Waals surface area contributed by atoms with Crippen LogP contribution in [0.25, 0.3) is 0 Å². The first-order valence-corrected chi connectivity index (χ1v) is 3.70. The predicted molar refractivity (Wildman–Crippen MR) is 41.5 cm³/mol. The van der Waals surface area contributed by atoms with Gasteiger partial charge in [0.25, 0.3) is 0 Å². The van der Waals surface area contributed by atoms with Crippen molar-refractivity contribution in [3.63, 3.8) is 0 Å². The molecule has 0 unspecified atom stereocenters. The summed E-state index contributed by atoms with van der Waals surface area (Å²) in [7, 11) is 0. The third-order valence-electron chi connectivity index (χ3n) is 1.74. The van der Waals surface area contributed by atoms with E-state index in [9.17, 15) is 4.79 Å². The lowest BCUT2D eigenvalue weighted by atomic mass is 10.2. The highest BCUT2D eigenvalue weighted by molar-refractivity contribution is 5.69. The summed E-state index contributed by atoms with van der Waals surface area (Å²) >= 11 is 0. The lowest BCUT2D eigenvalue weighted by molar-refractivity contribution is 0.141. The van der Waals surface area contributed by atoms with Gasteiger partial charge in [-0.2, -0.15) is 0 Å². The van der Waals surface area contributed by atoms with E-state index in [2.05, 4.69) is 10.3 Å². The van der Waals surface area contributed by atoms with Gasteiger partial charge >= 0.3 is 6.09 Å². The van der Waals surface area contributed by atoms with Crippen LogP contribution in [0.5, 0.6) is 0 Å². The molecule has 4 heteroatoms. The minimum absolute atomic E-state index is 0.175. The van der Waals surface area contributed by atoms with Crippen LogP contribution in [0.2, 0.25) is 0 Å². The fourth-order valence-electron chi connectivity index (χ4n) is 1.14. The third-order valence-corrected chi connectivity index (χ3v) is 1.74. The maximum Gasteiger partial charge on any atom is 0.407 e. The number of ether oxygens (including phenoxy) is 1. The Morgan fingerprint density at radius 2 is 2.58 bits per heavy atom. The van der Waals surface area contributed by atoms with Crippen LogP contribution in [0.1, 0.15) is 11.7 Å². The van der Waals surface area contributed by atoms with E-state index in [0.29, 0.717) is 6.54 Å². The zero-order valence-corrected chi connectivity index (χ0v) is 6.36. The van der Waals surface area contributed by atoms with Crippen LogP contribution in [0, 0.1) is 0 Å². The molecule has 1 aromatic heterocycles. The minimum atomic E-state index is -0.358. The first kappa shape index (κ1) is 7.09. The Labute approximate surface area is 69.6 Å². The van der Waals surface area contributed by atoms with Gasteiger partial charge in [0.05, 0.1) is 6.54 Å². The van der Waals surface area contributed by atoms with Crippen molar-refractivity contribution in [3.8, 4) is 0 Å². The van der Waals surface area contributed by atoms with E-state index in [0.717, 1.165) is 5.56 Å². The van der Waals surface area contributed by atoms with Gasteiger partial charge in [0.1, 0.15) is 6.10 Å². The number of hydrogen-bond donors (Lipinski definition) is 1. The number of carbonyl (C=O) groups is 1. The number of nitrogens with one attached hydrogen (secondary N) is 1. The van der Waals surface area contributed by atoms with E-state index in [1.165, 1.54) is 0 Å². The second kappa shape index (κ2) is 2.81. The van der Waals surface area contributed by atoms with Gasteiger partial charge in [-0.25, -0.2) is 4.79 Å². The van der Waals surface area contributed by atoms with E-state index < -0.39 is 0 Å². The molecule has 0 aliphatic carbocycles. The Bertz CT molecular complexity index is 286. The van der Waals surface area contributed by atoms with Crippen LogP contribution in [0.4, 0.5) is 4.79 Å². The maximum atomic E-state index is 10.7. The Morgan fingerprint density at radius 1 is 1.67 bits per heavy atom. The van der Waals surface area contributed by atoms with Crippen molar-refractivity contribution in [2.24, 2.45) is 0 Å². The normalized spacial score (nSPS) is 21.7. The quantitative estimate of drug-likeness (QED) is 0.669. The van der Waals surface area contributed by atoms with Gasteiger partial charge in [-0.1, -0.05) is 6.07 Å². The van der Waals surface area contributed by atoms with E-state index in [-0.39, 0.29) is 12.2 Å². The van der Waals surface area contributed by atoms with Crippen LogP contribution < -0.4 is 5.32 Å². The van der Waals surface area contributed by atoms with Crippen molar-refractivity contribution in [1.29, 1.82) is 0 Å². The Hall–Kier alpha value is -1.58. The zero-order chi connectivity index (χ0) is 8.39. The smallest absolute Gasteiger partial charge is 0.407 e. The number of cyclic esters (lactones) is 1. The number of alkyl carbamates (subject to hydrolysis) is 1. The van der Waals surface area contributed by atoms with Gasteiger partial charge < -0.3 is 10.1 Å². The first-order chi connectivity index (χ1) is 5.86. The molecule has 62 valence electrons. The topological polar surface area (TPSA) is 51.2 Å².